The summed E-state index contributed by atoms with van der Waals surface area (Å²) in [6.07, 6.45) is -11.3. The van der Waals surface area contributed by atoms with Gasteiger partial charge in [0.1, 0.15) is 0 Å². The summed E-state index contributed by atoms with van der Waals surface area (Å²) in [6, 6.07) is 9.92. The van der Waals surface area contributed by atoms with Crippen molar-refractivity contribution >= 4 is 12.0 Å². The number of alkyl halides is 6. The fraction of sp³-hybridized carbons (Fsp3) is 0.364. The van der Waals surface area contributed by atoms with Crippen molar-refractivity contribution in [2.75, 3.05) is 19.7 Å². The Kier molecular flexibility index (Phi) is 9.30. The Morgan fingerprint density at radius 2 is 1.50 bits per heavy atom. The summed E-state index contributed by atoms with van der Waals surface area (Å²) >= 11 is 0. The molecule has 0 saturated carbocycles. The van der Waals surface area contributed by atoms with E-state index in [-0.39, 0.29) is 37.7 Å². The molecular weight excluding hydrogens is 470 g/mol. The van der Waals surface area contributed by atoms with Gasteiger partial charge in [-0.25, -0.2) is 4.79 Å². The Balaban J connectivity index is 2.06. The lowest BCUT2D eigenvalue weighted by atomic mass is 10.00. The molecule has 0 saturated heterocycles. The number of carbonyl (C=O) groups excluding carboxylic acids is 1. The predicted octanol–water partition coefficient (Wildman–Crippen LogP) is 4.80. The normalized spacial score (nSPS) is 12.8. The SMILES string of the molecule is O=C(O)NCCC(=O)NCC(COCc1cc(C(F)(F)F)cc(C(F)(F)F)c1)c1ccccc1. The second-order valence-electron chi connectivity index (χ2n) is 7.32. The largest absolute Gasteiger partial charge is 0.465 e. The van der Waals surface area contributed by atoms with Crippen LogP contribution >= 0.6 is 0 Å². The quantitative estimate of drug-likeness (QED) is 0.416. The van der Waals surface area contributed by atoms with E-state index in [4.69, 9.17) is 9.84 Å². The highest BCUT2D eigenvalue weighted by molar-refractivity contribution is 5.76. The third-order valence-corrected chi connectivity index (χ3v) is 4.68. The average molecular weight is 492 g/mol. The van der Waals surface area contributed by atoms with Gasteiger partial charge < -0.3 is 20.5 Å². The molecule has 186 valence electrons. The third kappa shape index (κ3) is 8.93. The number of ether oxygens (including phenoxy) is 1. The van der Waals surface area contributed by atoms with Gasteiger partial charge in [0.2, 0.25) is 5.91 Å². The monoisotopic (exact) mass is 492 g/mol. The Morgan fingerprint density at radius 3 is 2.03 bits per heavy atom. The molecule has 0 aromatic heterocycles. The Morgan fingerprint density at radius 1 is 0.912 bits per heavy atom. The number of carbonyl (C=O) groups is 2. The van der Waals surface area contributed by atoms with Crippen LogP contribution in [0.15, 0.2) is 48.5 Å². The van der Waals surface area contributed by atoms with Crippen molar-refractivity contribution in [3.8, 4) is 0 Å². The first-order valence-electron chi connectivity index (χ1n) is 10.0. The Bertz CT molecular complexity index is 932. The van der Waals surface area contributed by atoms with Crippen LogP contribution in [0.5, 0.6) is 0 Å². The van der Waals surface area contributed by atoms with Gasteiger partial charge in [0.25, 0.3) is 0 Å². The van der Waals surface area contributed by atoms with Gasteiger partial charge >= 0.3 is 18.4 Å². The molecular formula is C22H22F6N2O4. The molecule has 0 aliphatic heterocycles. The molecule has 6 nitrogen and oxygen atoms in total. The van der Waals surface area contributed by atoms with E-state index >= 15 is 0 Å². The molecule has 0 spiro atoms. The molecule has 34 heavy (non-hydrogen) atoms. The summed E-state index contributed by atoms with van der Waals surface area (Å²) in [4.78, 5) is 22.4. The number of nitrogens with one attached hydrogen (secondary N) is 2. The summed E-state index contributed by atoms with van der Waals surface area (Å²) in [6.45, 7) is -0.640. The van der Waals surface area contributed by atoms with Crippen LogP contribution < -0.4 is 10.6 Å². The highest BCUT2D eigenvalue weighted by Gasteiger charge is 2.36. The van der Waals surface area contributed by atoms with E-state index in [0.29, 0.717) is 12.1 Å². The lowest BCUT2D eigenvalue weighted by Crippen LogP contribution is -2.33. The number of hydrogen-bond acceptors (Lipinski definition) is 3. The highest BCUT2D eigenvalue weighted by atomic mass is 19.4. The molecule has 0 fully saturated rings. The van der Waals surface area contributed by atoms with Crippen molar-refractivity contribution in [2.24, 2.45) is 0 Å². The van der Waals surface area contributed by atoms with Crippen LogP contribution in [0.1, 0.15) is 34.6 Å². The summed E-state index contributed by atoms with van der Waals surface area (Å²) in [5, 5.41) is 13.2. The first-order chi connectivity index (χ1) is 15.9. The Hall–Kier alpha value is -3.28. The summed E-state index contributed by atoms with van der Waals surface area (Å²) < 4.78 is 83.6. The van der Waals surface area contributed by atoms with Gasteiger partial charge in [-0.15, -0.1) is 0 Å². The van der Waals surface area contributed by atoms with Gasteiger partial charge in [-0.2, -0.15) is 26.3 Å². The fourth-order valence-corrected chi connectivity index (χ4v) is 3.03. The maximum Gasteiger partial charge on any atom is 0.416 e. The molecule has 2 aromatic carbocycles. The van der Waals surface area contributed by atoms with Gasteiger partial charge in [0.15, 0.2) is 0 Å². The van der Waals surface area contributed by atoms with E-state index in [1.165, 1.54) is 0 Å². The summed E-state index contributed by atoms with van der Waals surface area (Å²) in [5.41, 5.74) is -2.42. The van der Waals surface area contributed by atoms with Crippen molar-refractivity contribution in [1.82, 2.24) is 10.6 Å². The smallest absolute Gasteiger partial charge is 0.416 e. The molecule has 2 rings (SSSR count). The van der Waals surface area contributed by atoms with Gasteiger partial charge in [0, 0.05) is 25.4 Å². The molecule has 0 radical (unpaired) electrons. The lowest BCUT2D eigenvalue weighted by molar-refractivity contribution is -0.143. The van der Waals surface area contributed by atoms with Crippen molar-refractivity contribution in [2.45, 2.75) is 31.3 Å². The van der Waals surface area contributed by atoms with Crippen molar-refractivity contribution in [3.63, 3.8) is 0 Å². The van der Waals surface area contributed by atoms with E-state index in [1.54, 1.807) is 30.3 Å². The first-order valence-corrected chi connectivity index (χ1v) is 10.0. The molecule has 0 aliphatic carbocycles. The number of hydrogen-bond donors (Lipinski definition) is 3. The number of halogens is 6. The van der Waals surface area contributed by atoms with E-state index in [1.807, 2.05) is 5.32 Å². The zero-order valence-electron chi connectivity index (χ0n) is 17.7. The standard InChI is InChI=1S/C22H22F6N2O4/c23-21(24,25)17-8-14(9-18(10-17)22(26,27)28)12-34-13-16(15-4-2-1-3-5-15)11-30-19(31)6-7-29-20(32)33/h1-5,8-10,16,29H,6-7,11-13H2,(H,30,31)(H,32,33). The fourth-order valence-electron chi connectivity index (χ4n) is 3.03. The molecule has 12 heteroatoms. The Labute approximate surface area is 190 Å². The first kappa shape index (κ1) is 27.0. The maximum atomic E-state index is 13.0. The zero-order chi connectivity index (χ0) is 25.4. The second kappa shape index (κ2) is 11.7. The van der Waals surface area contributed by atoms with Gasteiger partial charge in [0.05, 0.1) is 24.3 Å². The number of carboxylic acid groups (broad SMARTS) is 1. The number of rotatable bonds is 10. The number of amides is 2. The molecule has 0 aliphatic rings. The molecule has 2 aromatic rings. The molecule has 2 amide bonds. The van der Waals surface area contributed by atoms with E-state index in [9.17, 15) is 35.9 Å². The van der Waals surface area contributed by atoms with Gasteiger partial charge in [-0.3, -0.25) is 4.79 Å². The van der Waals surface area contributed by atoms with E-state index in [0.717, 1.165) is 5.56 Å². The molecule has 1 unspecified atom stereocenters. The van der Waals surface area contributed by atoms with Gasteiger partial charge in [-0.1, -0.05) is 30.3 Å². The third-order valence-electron chi connectivity index (χ3n) is 4.68. The van der Waals surface area contributed by atoms with Crippen LogP contribution in [0.25, 0.3) is 0 Å². The minimum Gasteiger partial charge on any atom is -0.465 e. The second-order valence-corrected chi connectivity index (χ2v) is 7.32. The molecule has 3 N–H and O–H groups in total. The maximum absolute atomic E-state index is 13.0. The minimum absolute atomic E-state index is 0.0466. The van der Waals surface area contributed by atoms with Crippen LogP contribution in [0.3, 0.4) is 0 Å². The zero-order valence-corrected chi connectivity index (χ0v) is 17.7. The van der Waals surface area contributed by atoms with Crippen LogP contribution in [-0.2, 0) is 28.5 Å². The van der Waals surface area contributed by atoms with Crippen LogP contribution in [-0.4, -0.2) is 36.8 Å². The summed E-state index contributed by atoms with van der Waals surface area (Å²) in [5.74, 6) is -0.896. The molecule has 0 bridgehead atoms. The minimum atomic E-state index is -4.96. The lowest BCUT2D eigenvalue weighted by Gasteiger charge is -2.19. The van der Waals surface area contributed by atoms with Crippen molar-refractivity contribution in [3.05, 3.63) is 70.8 Å². The van der Waals surface area contributed by atoms with Gasteiger partial charge in [-0.05, 0) is 29.3 Å². The van der Waals surface area contributed by atoms with E-state index < -0.39 is 48.0 Å². The van der Waals surface area contributed by atoms with Crippen molar-refractivity contribution < 1.29 is 45.8 Å². The van der Waals surface area contributed by atoms with E-state index in [2.05, 4.69) is 5.32 Å². The molecule has 0 heterocycles. The highest BCUT2D eigenvalue weighted by Crippen LogP contribution is 2.36. The molecule has 1 atom stereocenters. The van der Waals surface area contributed by atoms with Crippen LogP contribution in [0.2, 0.25) is 0 Å². The average Bonchev–Trinajstić information content (AvgIpc) is 2.75. The van der Waals surface area contributed by atoms with Crippen LogP contribution in [0, 0.1) is 0 Å². The summed E-state index contributed by atoms with van der Waals surface area (Å²) in [7, 11) is 0. The number of benzene rings is 2. The van der Waals surface area contributed by atoms with Crippen molar-refractivity contribution in [1.29, 1.82) is 0 Å². The topological polar surface area (TPSA) is 87.7 Å². The predicted molar refractivity (Wildman–Crippen MR) is 109 cm³/mol. The van der Waals surface area contributed by atoms with Crippen LogP contribution in [0.4, 0.5) is 31.1 Å².